The quantitative estimate of drug-likeness (QED) is 0.686. The Morgan fingerprint density at radius 3 is 2.28 bits per heavy atom. The van der Waals surface area contributed by atoms with Gasteiger partial charge in [0, 0.05) is 18.3 Å². The smallest absolute Gasteiger partial charge is 0.271 e. The van der Waals surface area contributed by atoms with Crippen molar-refractivity contribution in [2.45, 2.75) is 40.0 Å². The first-order chi connectivity index (χ1) is 11.7. The van der Waals surface area contributed by atoms with Gasteiger partial charge in [-0.25, -0.2) is 0 Å². The summed E-state index contributed by atoms with van der Waals surface area (Å²) < 4.78 is 0. The molecule has 0 radical (unpaired) electrons. The zero-order valence-electron chi connectivity index (χ0n) is 14.7. The number of rotatable bonds is 8. The molecule has 138 valence electrons. The molecule has 1 aromatic carbocycles. The van der Waals surface area contributed by atoms with Crippen molar-refractivity contribution in [2.24, 2.45) is 17.8 Å². The largest absolute Gasteiger partial charge is 0.550 e. The van der Waals surface area contributed by atoms with Crippen LogP contribution < -0.4 is 16.0 Å². The molecule has 1 rings (SSSR count). The lowest BCUT2D eigenvalue weighted by molar-refractivity contribution is -0.313. The predicted octanol–water partition coefficient (Wildman–Crippen LogP) is 1.93. The molecule has 0 bridgehead atoms. The fourth-order valence-electron chi connectivity index (χ4n) is 2.47. The summed E-state index contributed by atoms with van der Waals surface area (Å²) in [6.45, 7) is 5.71. The van der Waals surface area contributed by atoms with Crippen molar-refractivity contribution in [2.75, 3.05) is 0 Å². The molecule has 6 nitrogen and oxygen atoms in total. The van der Waals surface area contributed by atoms with E-state index in [1.165, 1.54) is 6.07 Å². The minimum absolute atomic E-state index is 0.0282. The van der Waals surface area contributed by atoms with Crippen LogP contribution in [0.15, 0.2) is 24.3 Å². The predicted molar refractivity (Wildman–Crippen MR) is 93.4 cm³/mol. The van der Waals surface area contributed by atoms with Gasteiger partial charge in [-0.2, -0.15) is 0 Å². The van der Waals surface area contributed by atoms with Gasteiger partial charge in [-0.3, -0.25) is 20.4 Å². The highest BCUT2D eigenvalue weighted by Crippen LogP contribution is 2.22. The molecule has 2 N–H and O–H groups in total. The molecule has 0 spiro atoms. The molecule has 0 saturated carbocycles. The Morgan fingerprint density at radius 2 is 1.72 bits per heavy atom. The van der Waals surface area contributed by atoms with E-state index in [1.54, 1.807) is 25.1 Å². The number of carboxylic acid groups (broad SMARTS) is 1. The lowest BCUT2D eigenvalue weighted by Gasteiger charge is -2.25. The molecule has 0 aliphatic heterocycles. The molecular weight excluding hydrogens is 344 g/mol. The highest BCUT2D eigenvalue weighted by atomic mass is 35.5. The maximum absolute atomic E-state index is 12.0. The Hall–Kier alpha value is -2.08. The number of halogens is 1. The van der Waals surface area contributed by atoms with Gasteiger partial charge in [-0.15, -0.1) is 0 Å². The van der Waals surface area contributed by atoms with Crippen molar-refractivity contribution in [3.05, 3.63) is 34.9 Å². The summed E-state index contributed by atoms with van der Waals surface area (Å²) >= 11 is 5.91. The van der Waals surface area contributed by atoms with Crippen molar-refractivity contribution in [1.29, 1.82) is 0 Å². The summed E-state index contributed by atoms with van der Waals surface area (Å²) in [5, 5.41) is 11.6. The van der Waals surface area contributed by atoms with Crippen molar-refractivity contribution < 1.29 is 19.5 Å². The van der Waals surface area contributed by atoms with Crippen molar-refractivity contribution in [1.82, 2.24) is 10.9 Å². The molecule has 0 saturated heterocycles. The molecule has 2 amide bonds. The van der Waals surface area contributed by atoms with Gasteiger partial charge in [0.2, 0.25) is 5.91 Å². The van der Waals surface area contributed by atoms with Crippen LogP contribution in [0.25, 0.3) is 0 Å². The molecule has 7 heteroatoms. The Labute approximate surface area is 152 Å². The highest BCUT2D eigenvalue weighted by molar-refractivity contribution is 6.33. The topological polar surface area (TPSA) is 98.3 Å². The van der Waals surface area contributed by atoms with Gasteiger partial charge in [0.1, 0.15) is 0 Å². The highest BCUT2D eigenvalue weighted by Gasteiger charge is 2.22. The first-order valence-electron chi connectivity index (χ1n) is 8.27. The molecule has 0 aliphatic rings. The lowest BCUT2D eigenvalue weighted by Crippen LogP contribution is -2.43. The average Bonchev–Trinajstić information content (AvgIpc) is 2.52. The zero-order chi connectivity index (χ0) is 19.0. The summed E-state index contributed by atoms with van der Waals surface area (Å²) in [5.74, 6) is -2.89. The van der Waals surface area contributed by atoms with Crippen LogP contribution >= 0.6 is 11.6 Å². The monoisotopic (exact) mass is 367 g/mol. The van der Waals surface area contributed by atoms with Gasteiger partial charge >= 0.3 is 0 Å². The molecule has 0 aliphatic carbocycles. The number of hydrogen-bond donors (Lipinski definition) is 2. The van der Waals surface area contributed by atoms with Gasteiger partial charge in [-0.05, 0) is 30.4 Å². The number of carbonyl (C=O) groups excluding carboxylic acids is 3. The van der Waals surface area contributed by atoms with Gasteiger partial charge in [0.25, 0.3) is 5.91 Å². The van der Waals surface area contributed by atoms with Crippen molar-refractivity contribution in [3.63, 3.8) is 0 Å². The summed E-state index contributed by atoms with van der Waals surface area (Å²) in [7, 11) is 0. The first-order valence-corrected chi connectivity index (χ1v) is 8.64. The number of aliphatic carboxylic acids is 1. The molecule has 0 fully saturated rings. The third-order valence-electron chi connectivity index (χ3n) is 3.99. The zero-order valence-corrected chi connectivity index (χ0v) is 15.4. The third kappa shape index (κ3) is 7.13. The normalized spacial score (nSPS) is 13.2. The summed E-state index contributed by atoms with van der Waals surface area (Å²) in [6, 6.07) is 6.45. The maximum atomic E-state index is 12.0. The molecular formula is C18H24ClN2O4-. The SMILES string of the molecule is CC(C)CC[C@@H](C(=O)[O-])[C@@H](C)CC(=O)NNC(=O)c1ccccc1Cl. The fraction of sp³-hybridized carbons (Fsp3) is 0.500. The Balaban J connectivity index is 2.53. The van der Waals surface area contributed by atoms with Crippen LogP contribution in [0.1, 0.15) is 50.4 Å². The number of benzene rings is 1. The van der Waals surface area contributed by atoms with E-state index in [-0.39, 0.29) is 17.0 Å². The van der Waals surface area contributed by atoms with Gasteiger partial charge in [-0.1, -0.05) is 50.9 Å². The van der Waals surface area contributed by atoms with Gasteiger partial charge in [0.15, 0.2) is 0 Å². The Bertz CT molecular complexity index is 619. The lowest BCUT2D eigenvalue weighted by atomic mass is 9.85. The number of hydrazine groups is 1. The van der Waals surface area contributed by atoms with E-state index in [4.69, 9.17) is 11.6 Å². The van der Waals surface area contributed by atoms with Crippen LogP contribution in [0.2, 0.25) is 5.02 Å². The fourth-order valence-corrected chi connectivity index (χ4v) is 2.69. The number of carbonyl (C=O) groups is 3. The summed E-state index contributed by atoms with van der Waals surface area (Å²) in [6.07, 6.45) is 1.17. The van der Waals surface area contributed by atoms with Crippen molar-refractivity contribution >= 4 is 29.4 Å². The van der Waals surface area contributed by atoms with Crippen LogP contribution in [-0.2, 0) is 9.59 Å². The van der Waals surface area contributed by atoms with E-state index in [9.17, 15) is 19.5 Å². The number of nitrogens with one attached hydrogen (secondary N) is 2. The minimum Gasteiger partial charge on any atom is -0.550 e. The van der Waals surface area contributed by atoms with Gasteiger partial charge in [0.05, 0.1) is 10.6 Å². The van der Waals surface area contributed by atoms with Crippen molar-refractivity contribution in [3.8, 4) is 0 Å². The van der Waals surface area contributed by atoms with Crippen LogP contribution in [0, 0.1) is 17.8 Å². The molecule has 0 heterocycles. The van der Waals surface area contributed by atoms with Gasteiger partial charge < -0.3 is 9.90 Å². The molecule has 2 atom stereocenters. The van der Waals surface area contributed by atoms with Crippen LogP contribution in [0.5, 0.6) is 0 Å². The molecule has 0 unspecified atom stereocenters. The molecule has 0 aromatic heterocycles. The number of amides is 2. The minimum atomic E-state index is -1.15. The van der Waals surface area contributed by atoms with E-state index in [0.717, 1.165) is 6.42 Å². The number of carboxylic acids is 1. The molecule has 1 aromatic rings. The van der Waals surface area contributed by atoms with Crippen LogP contribution in [0.3, 0.4) is 0 Å². The summed E-state index contributed by atoms with van der Waals surface area (Å²) in [5.41, 5.74) is 4.80. The van der Waals surface area contributed by atoms with E-state index in [0.29, 0.717) is 12.3 Å². The number of hydrogen-bond acceptors (Lipinski definition) is 4. The average molecular weight is 368 g/mol. The van der Waals surface area contributed by atoms with E-state index >= 15 is 0 Å². The summed E-state index contributed by atoms with van der Waals surface area (Å²) in [4.78, 5) is 35.2. The van der Waals surface area contributed by atoms with Crippen LogP contribution in [-0.4, -0.2) is 17.8 Å². The van der Waals surface area contributed by atoms with E-state index in [2.05, 4.69) is 10.9 Å². The Kier molecular flexibility index (Phi) is 8.41. The second-order valence-corrected chi connectivity index (χ2v) is 6.97. The maximum Gasteiger partial charge on any atom is 0.271 e. The second-order valence-electron chi connectivity index (χ2n) is 6.56. The third-order valence-corrected chi connectivity index (χ3v) is 4.32. The van der Waals surface area contributed by atoms with Crippen LogP contribution in [0.4, 0.5) is 0 Å². The first kappa shape index (κ1) is 21.0. The van der Waals surface area contributed by atoms with E-state index in [1.807, 2.05) is 13.8 Å². The van der Waals surface area contributed by atoms with E-state index < -0.39 is 29.6 Å². The molecule has 25 heavy (non-hydrogen) atoms. The second kappa shape index (κ2) is 10.0. The standard InChI is InChI=1S/C18H25ClN2O4/c1-11(2)8-9-13(18(24)25)12(3)10-16(22)20-21-17(23)14-6-4-5-7-15(14)19/h4-7,11-13H,8-10H2,1-3H3,(H,20,22)(H,21,23)(H,24,25)/p-1/t12-,13+/m0/s1. The Morgan fingerprint density at radius 1 is 1.08 bits per heavy atom.